The van der Waals surface area contributed by atoms with Crippen molar-refractivity contribution in [1.29, 1.82) is 0 Å². The molecule has 0 spiro atoms. The second kappa shape index (κ2) is 4.93. The summed E-state index contributed by atoms with van der Waals surface area (Å²) in [5, 5.41) is 2.75. The van der Waals surface area contributed by atoms with Gasteiger partial charge in [0.1, 0.15) is 0 Å². The largest absolute Gasteiger partial charge is 0.416 e. The highest BCUT2D eigenvalue weighted by atomic mass is 35.5. The lowest BCUT2D eigenvalue weighted by Crippen LogP contribution is -2.05. The first kappa shape index (κ1) is 13.4. The Bertz CT molecular complexity index is 583. The Morgan fingerprint density at radius 3 is 2.37 bits per heavy atom. The van der Waals surface area contributed by atoms with Crippen LogP contribution in [0.2, 0.25) is 5.28 Å². The van der Waals surface area contributed by atoms with Crippen LogP contribution in [0.1, 0.15) is 5.56 Å². The Hall–Kier alpha value is -2.02. The second-order valence-corrected chi connectivity index (χ2v) is 3.98. The molecular formula is C11H8ClF3N4. The van der Waals surface area contributed by atoms with Crippen LogP contribution in [0, 0.1) is 0 Å². The van der Waals surface area contributed by atoms with E-state index in [0.717, 1.165) is 12.1 Å². The Morgan fingerprint density at radius 1 is 1.16 bits per heavy atom. The van der Waals surface area contributed by atoms with Crippen molar-refractivity contribution in [1.82, 2.24) is 9.97 Å². The van der Waals surface area contributed by atoms with Crippen LogP contribution in [-0.4, -0.2) is 9.97 Å². The fourth-order valence-electron chi connectivity index (χ4n) is 1.35. The number of anilines is 3. The molecule has 4 nitrogen and oxygen atoms in total. The van der Waals surface area contributed by atoms with Gasteiger partial charge in [-0.2, -0.15) is 18.2 Å². The van der Waals surface area contributed by atoms with E-state index in [1.165, 1.54) is 18.3 Å². The number of aromatic nitrogens is 2. The van der Waals surface area contributed by atoms with Gasteiger partial charge in [0.05, 0.1) is 17.4 Å². The number of benzene rings is 1. The van der Waals surface area contributed by atoms with Crippen molar-refractivity contribution < 1.29 is 13.2 Å². The zero-order valence-corrected chi connectivity index (χ0v) is 10.1. The maximum absolute atomic E-state index is 12.4. The maximum atomic E-state index is 12.4. The molecule has 0 bridgehead atoms. The standard InChI is InChI=1S/C11H8ClF3N4/c12-10-17-5-8(16)9(19-10)18-7-3-1-6(2-4-7)11(13,14)15/h1-5H,16H2,(H,17,18,19). The van der Waals surface area contributed by atoms with E-state index in [1.807, 2.05) is 0 Å². The highest BCUT2D eigenvalue weighted by Crippen LogP contribution is 2.30. The summed E-state index contributed by atoms with van der Waals surface area (Å²) in [6.07, 6.45) is -3.06. The third-order valence-electron chi connectivity index (χ3n) is 2.26. The van der Waals surface area contributed by atoms with E-state index in [-0.39, 0.29) is 16.8 Å². The third-order valence-corrected chi connectivity index (χ3v) is 2.44. The molecule has 3 N–H and O–H groups in total. The van der Waals surface area contributed by atoms with Crippen LogP contribution in [0.3, 0.4) is 0 Å². The molecule has 0 saturated heterocycles. The lowest BCUT2D eigenvalue weighted by atomic mass is 10.2. The molecule has 0 fully saturated rings. The van der Waals surface area contributed by atoms with Crippen molar-refractivity contribution in [3.05, 3.63) is 41.3 Å². The number of hydrogen-bond donors (Lipinski definition) is 2. The number of alkyl halides is 3. The van der Waals surface area contributed by atoms with Gasteiger partial charge >= 0.3 is 6.18 Å². The number of nitrogens with one attached hydrogen (secondary N) is 1. The molecular weight excluding hydrogens is 281 g/mol. The van der Waals surface area contributed by atoms with Gasteiger partial charge in [-0.1, -0.05) is 0 Å². The molecule has 1 heterocycles. The first-order valence-corrected chi connectivity index (χ1v) is 5.46. The zero-order valence-electron chi connectivity index (χ0n) is 9.37. The molecule has 2 rings (SSSR count). The molecule has 0 unspecified atom stereocenters. The van der Waals surface area contributed by atoms with E-state index >= 15 is 0 Å². The molecule has 0 atom stereocenters. The zero-order chi connectivity index (χ0) is 14.0. The average Bonchev–Trinajstić information content (AvgIpc) is 2.33. The van der Waals surface area contributed by atoms with Crippen molar-refractivity contribution in [2.24, 2.45) is 0 Å². The quantitative estimate of drug-likeness (QED) is 0.831. The minimum atomic E-state index is -4.37. The number of rotatable bonds is 2. The van der Waals surface area contributed by atoms with Gasteiger partial charge in [-0.3, -0.25) is 0 Å². The van der Waals surface area contributed by atoms with Gasteiger partial charge in [-0.15, -0.1) is 0 Å². The molecule has 0 amide bonds. The van der Waals surface area contributed by atoms with Crippen LogP contribution in [0.25, 0.3) is 0 Å². The minimum Gasteiger partial charge on any atom is -0.394 e. The molecule has 0 aliphatic carbocycles. The highest BCUT2D eigenvalue weighted by molar-refractivity contribution is 6.28. The lowest BCUT2D eigenvalue weighted by molar-refractivity contribution is -0.137. The Kier molecular flexibility index (Phi) is 3.48. The Balaban J connectivity index is 2.22. The predicted molar refractivity (Wildman–Crippen MR) is 66.2 cm³/mol. The summed E-state index contributed by atoms with van der Waals surface area (Å²) in [4.78, 5) is 7.50. The fourth-order valence-corrected chi connectivity index (χ4v) is 1.48. The maximum Gasteiger partial charge on any atom is 0.416 e. The average molecular weight is 289 g/mol. The molecule has 1 aromatic carbocycles. The molecule has 0 radical (unpaired) electrons. The predicted octanol–water partition coefficient (Wildman–Crippen LogP) is 3.47. The summed E-state index contributed by atoms with van der Waals surface area (Å²) in [6, 6.07) is 4.47. The SMILES string of the molecule is Nc1cnc(Cl)nc1Nc1ccc(C(F)(F)F)cc1. The number of nitrogens with zero attached hydrogens (tertiary/aromatic N) is 2. The van der Waals surface area contributed by atoms with Crippen molar-refractivity contribution in [2.45, 2.75) is 6.18 Å². The van der Waals surface area contributed by atoms with E-state index in [9.17, 15) is 13.2 Å². The molecule has 8 heteroatoms. The van der Waals surface area contributed by atoms with Gasteiger partial charge in [0.25, 0.3) is 0 Å². The highest BCUT2D eigenvalue weighted by Gasteiger charge is 2.29. The van der Waals surface area contributed by atoms with Crippen LogP contribution in [0.4, 0.5) is 30.4 Å². The minimum absolute atomic E-state index is 0.0105. The van der Waals surface area contributed by atoms with Gasteiger partial charge in [-0.25, -0.2) is 4.98 Å². The van der Waals surface area contributed by atoms with Crippen LogP contribution >= 0.6 is 11.6 Å². The van der Waals surface area contributed by atoms with Crippen molar-refractivity contribution in [3.63, 3.8) is 0 Å². The first-order valence-electron chi connectivity index (χ1n) is 5.08. The monoisotopic (exact) mass is 288 g/mol. The van der Waals surface area contributed by atoms with E-state index in [2.05, 4.69) is 15.3 Å². The van der Waals surface area contributed by atoms with Gasteiger partial charge in [0.2, 0.25) is 5.28 Å². The van der Waals surface area contributed by atoms with E-state index in [0.29, 0.717) is 5.69 Å². The Morgan fingerprint density at radius 2 is 1.79 bits per heavy atom. The summed E-state index contributed by atoms with van der Waals surface area (Å²) in [5.74, 6) is 0.236. The smallest absolute Gasteiger partial charge is 0.394 e. The molecule has 2 aromatic rings. The summed E-state index contributed by atoms with van der Waals surface area (Å²) in [6.45, 7) is 0. The van der Waals surface area contributed by atoms with Crippen molar-refractivity contribution in [2.75, 3.05) is 11.1 Å². The fraction of sp³-hybridized carbons (Fsp3) is 0.0909. The lowest BCUT2D eigenvalue weighted by Gasteiger charge is -2.10. The molecule has 0 aliphatic heterocycles. The van der Waals surface area contributed by atoms with Crippen LogP contribution in [-0.2, 0) is 6.18 Å². The van der Waals surface area contributed by atoms with Gasteiger partial charge < -0.3 is 11.1 Å². The van der Waals surface area contributed by atoms with E-state index < -0.39 is 11.7 Å². The van der Waals surface area contributed by atoms with E-state index in [1.54, 1.807) is 0 Å². The van der Waals surface area contributed by atoms with Crippen LogP contribution in [0.5, 0.6) is 0 Å². The molecule has 0 aliphatic rings. The molecule has 1 aromatic heterocycles. The van der Waals surface area contributed by atoms with Crippen molar-refractivity contribution in [3.8, 4) is 0 Å². The number of halogens is 4. The van der Waals surface area contributed by atoms with E-state index in [4.69, 9.17) is 17.3 Å². The van der Waals surface area contributed by atoms with Gasteiger partial charge in [0, 0.05) is 5.69 Å². The first-order chi connectivity index (χ1) is 8.86. The number of hydrogen-bond acceptors (Lipinski definition) is 4. The summed E-state index contributed by atoms with van der Waals surface area (Å²) < 4.78 is 37.2. The summed E-state index contributed by atoms with van der Waals surface area (Å²) in [7, 11) is 0. The third kappa shape index (κ3) is 3.25. The van der Waals surface area contributed by atoms with Crippen LogP contribution in [0.15, 0.2) is 30.5 Å². The Labute approximate surface area is 111 Å². The number of nitrogens with two attached hydrogens (primary N) is 1. The van der Waals surface area contributed by atoms with Crippen molar-refractivity contribution >= 4 is 28.8 Å². The normalized spacial score (nSPS) is 11.4. The van der Waals surface area contributed by atoms with Gasteiger partial charge in [0.15, 0.2) is 5.82 Å². The van der Waals surface area contributed by atoms with Crippen LogP contribution < -0.4 is 11.1 Å². The second-order valence-electron chi connectivity index (χ2n) is 3.64. The van der Waals surface area contributed by atoms with Gasteiger partial charge in [-0.05, 0) is 35.9 Å². The summed E-state index contributed by atoms with van der Waals surface area (Å²) >= 11 is 5.60. The molecule has 0 saturated carbocycles. The molecule has 100 valence electrons. The topological polar surface area (TPSA) is 63.8 Å². The summed E-state index contributed by atoms with van der Waals surface area (Å²) in [5.41, 5.74) is 5.53. The molecule has 19 heavy (non-hydrogen) atoms. The number of nitrogen functional groups attached to an aromatic ring is 1.